The molecule has 0 aliphatic carbocycles. The van der Waals surface area contributed by atoms with Gasteiger partial charge in [-0.05, 0) is 52.6 Å². The number of nitrogens with zero attached hydrogens (tertiary/aromatic N) is 5. The lowest BCUT2D eigenvalue weighted by atomic mass is 10.0. The monoisotopic (exact) mass is 739 g/mol. The normalized spacial score (nSPS) is 11.8. The molecule has 0 atom stereocenters. The number of para-hydroxylation sites is 3. The Bertz CT molecular complexity index is 3510. The van der Waals surface area contributed by atoms with Crippen molar-refractivity contribution in [3.05, 3.63) is 200 Å². The summed E-state index contributed by atoms with van der Waals surface area (Å²) in [6.07, 6.45) is 0. The van der Waals surface area contributed by atoms with Gasteiger partial charge < -0.3 is 9.13 Å². The van der Waals surface area contributed by atoms with E-state index in [0.29, 0.717) is 17.5 Å². The molecule has 58 heavy (non-hydrogen) atoms. The van der Waals surface area contributed by atoms with Crippen LogP contribution in [-0.2, 0) is 0 Å². The second-order valence-electron chi connectivity index (χ2n) is 14.8. The Morgan fingerprint density at radius 3 is 1.53 bits per heavy atom. The van der Waals surface area contributed by atoms with E-state index in [2.05, 4.69) is 173 Å². The molecular formula is C53H33N5. The Labute approximate surface area is 333 Å². The maximum atomic E-state index is 5.19. The van der Waals surface area contributed by atoms with Crippen LogP contribution in [0.1, 0.15) is 0 Å². The molecule has 5 nitrogen and oxygen atoms in total. The van der Waals surface area contributed by atoms with E-state index >= 15 is 0 Å². The van der Waals surface area contributed by atoms with Crippen molar-refractivity contribution in [3.63, 3.8) is 0 Å². The number of fused-ring (bicyclic) bond motifs is 9. The van der Waals surface area contributed by atoms with Gasteiger partial charge in [-0.25, -0.2) is 15.0 Å². The molecule has 0 radical (unpaired) electrons. The molecule has 0 spiro atoms. The maximum Gasteiger partial charge on any atom is 0.166 e. The Hall–Kier alpha value is -7.89. The second-order valence-corrected chi connectivity index (χ2v) is 14.8. The summed E-state index contributed by atoms with van der Waals surface area (Å²) in [5.41, 5.74) is 9.52. The van der Waals surface area contributed by atoms with Gasteiger partial charge in [0.25, 0.3) is 0 Å². The van der Waals surface area contributed by atoms with Crippen LogP contribution in [0.2, 0.25) is 0 Å². The summed E-state index contributed by atoms with van der Waals surface area (Å²) in [7, 11) is 0. The van der Waals surface area contributed by atoms with Crippen LogP contribution in [0.4, 0.5) is 0 Å². The fraction of sp³-hybridized carbons (Fsp3) is 0. The van der Waals surface area contributed by atoms with E-state index in [-0.39, 0.29) is 0 Å². The van der Waals surface area contributed by atoms with Gasteiger partial charge in [0.2, 0.25) is 0 Å². The van der Waals surface area contributed by atoms with E-state index in [1.54, 1.807) is 0 Å². The van der Waals surface area contributed by atoms with E-state index in [1.165, 1.54) is 54.4 Å². The number of hydrogen-bond acceptors (Lipinski definition) is 3. The average molecular weight is 740 g/mol. The number of rotatable bonds is 5. The highest BCUT2D eigenvalue weighted by atomic mass is 15.1. The largest absolute Gasteiger partial charge is 0.308 e. The molecule has 12 rings (SSSR count). The third-order valence-corrected chi connectivity index (χ3v) is 11.5. The second kappa shape index (κ2) is 12.8. The van der Waals surface area contributed by atoms with Crippen LogP contribution in [-0.4, -0.2) is 24.1 Å². The molecule has 0 amide bonds. The van der Waals surface area contributed by atoms with Gasteiger partial charge in [0.05, 0.1) is 33.4 Å². The highest BCUT2D eigenvalue weighted by Crippen LogP contribution is 2.45. The topological polar surface area (TPSA) is 48.5 Å². The highest BCUT2D eigenvalue weighted by Gasteiger charge is 2.24. The summed E-state index contributed by atoms with van der Waals surface area (Å²) in [6, 6.07) is 70.9. The number of aromatic nitrogens is 5. The lowest BCUT2D eigenvalue weighted by Gasteiger charge is -2.17. The van der Waals surface area contributed by atoms with Crippen LogP contribution < -0.4 is 0 Å². The van der Waals surface area contributed by atoms with Crippen molar-refractivity contribution in [2.24, 2.45) is 0 Å². The summed E-state index contributed by atoms with van der Waals surface area (Å²) < 4.78 is 4.92. The minimum atomic E-state index is 0.615. The van der Waals surface area contributed by atoms with E-state index in [4.69, 9.17) is 15.0 Å². The lowest BCUT2D eigenvalue weighted by molar-refractivity contribution is 1.06. The van der Waals surface area contributed by atoms with Crippen molar-refractivity contribution >= 4 is 65.2 Å². The van der Waals surface area contributed by atoms with Crippen molar-refractivity contribution in [3.8, 4) is 45.5 Å². The summed E-state index contributed by atoms with van der Waals surface area (Å²) in [5, 5.41) is 9.71. The summed E-state index contributed by atoms with van der Waals surface area (Å²) in [4.78, 5) is 15.4. The van der Waals surface area contributed by atoms with E-state index in [9.17, 15) is 0 Å². The van der Waals surface area contributed by atoms with Gasteiger partial charge >= 0.3 is 0 Å². The van der Waals surface area contributed by atoms with Crippen LogP contribution in [0.3, 0.4) is 0 Å². The minimum Gasteiger partial charge on any atom is -0.308 e. The van der Waals surface area contributed by atoms with Gasteiger partial charge in [-0.15, -0.1) is 0 Å². The van der Waals surface area contributed by atoms with E-state index in [0.717, 1.165) is 38.8 Å². The van der Waals surface area contributed by atoms with E-state index < -0.39 is 0 Å². The summed E-state index contributed by atoms with van der Waals surface area (Å²) >= 11 is 0. The van der Waals surface area contributed by atoms with Crippen LogP contribution in [0.25, 0.3) is 111 Å². The molecule has 0 aliphatic heterocycles. The molecule has 0 saturated heterocycles. The van der Waals surface area contributed by atoms with Gasteiger partial charge in [0, 0.05) is 43.6 Å². The van der Waals surface area contributed by atoms with Gasteiger partial charge in [-0.2, -0.15) is 0 Å². The zero-order valence-corrected chi connectivity index (χ0v) is 31.3. The Kier molecular flexibility index (Phi) is 7.16. The molecule has 0 N–H and O–H groups in total. The highest BCUT2D eigenvalue weighted by molar-refractivity contribution is 6.25. The predicted octanol–water partition coefficient (Wildman–Crippen LogP) is 13.4. The Balaban J connectivity index is 1.20. The van der Waals surface area contributed by atoms with Crippen molar-refractivity contribution in [1.29, 1.82) is 0 Å². The lowest BCUT2D eigenvalue weighted by Crippen LogP contribution is -2.03. The molecule has 12 aromatic rings. The zero-order chi connectivity index (χ0) is 38.2. The van der Waals surface area contributed by atoms with Crippen molar-refractivity contribution in [2.45, 2.75) is 0 Å². The molecule has 270 valence electrons. The van der Waals surface area contributed by atoms with Crippen LogP contribution in [0.15, 0.2) is 200 Å². The Morgan fingerprint density at radius 2 is 0.828 bits per heavy atom. The first kappa shape index (κ1) is 32.4. The number of hydrogen-bond donors (Lipinski definition) is 0. The standard InChI is InChI=1S/C53H33N5/c1-3-18-35(19-4-1)51-54-52(36-20-5-2-6-21-36)56-53(55-51)42-27-13-16-30-45(42)57-43-28-14-12-26-41(43)49-47(57)33-37-22-8-10-24-39(37)50(49)58-44-29-15-11-25-40(44)48-38-23-9-7-17-34(38)31-32-46(48)58/h1-33H. The molecule has 9 aromatic carbocycles. The first-order valence-corrected chi connectivity index (χ1v) is 19.6. The van der Waals surface area contributed by atoms with Crippen molar-refractivity contribution in [1.82, 2.24) is 24.1 Å². The van der Waals surface area contributed by atoms with Crippen LogP contribution >= 0.6 is 0 Å². The van der Waals surface area contributed by atoms with E-state index in [1.807, 2.05) is 36.4 Å². The fourth-order valence-electron chi connectivity index (χ4n) is 9.02. The smallest absolute Gasteiger partial charge is 0.166 e. The van der Waals surface area contributed by atoms with Crippen LogP contribution in [0, 0.1) is 0 Å². The quantitative estimate of drug-likeness (QED) is 0.177. The van der Waals surface area contributed by atoms with Gasteiger partial charge in [-0.1, -0.05) is 164 Å². The Morgan fingerprint density at radius 1 is 0.310 bits per heavy atom. The van der Waals surface area contributed by atoms with Crippen molar-refractivity contribution < 1.29 is 0 Å². The molecule has 0 saturated carbocycles. The van der Waals surface area contributed by atoms with Crippen LogP contribution in [0.5, 0.6) is 0 Å². The third kappa shape index (κ3) is 4.87. The molecule has 3 heterocycles. The molecule has 0 bridgehead atoms. The SMILES string of the molecule is c1ccc(-c2nc(-c3ccccc3)nc(-c3ccccc3-n3c4ccccc4c4c(-n5c6ccccc6c6c7ccccc7ccc65)c5ccccc5cc43)n2)cc1. The minimum absolute atomic E-state index is 0.615. The van der Waals surface area contributed by atoms with Crippen molar-refractivity contribution in [2.75, 3.05) is 0 Å². The van der Waals surface area contributed by atoms with Gasteiger partial charge in [0.1, 0.15) is 0 Å². The zero-order valence-electron chi connectivity index (χ0n) is 31.3. The van der Waals surface area contributed by atoms with Gasteiger partial charge in [-0.3, -0.25) is 0 Å². The van der Waals surface area contributed by atoms with Gasteiger partial charge in [0.15, 0.2) is 17.5 Å². The molecule has 0 fully saturated rings. The molecule has 3 aromatic heterocycles. The fourth-order valence-corrected chi connectivity index (χ4v) is 9.02. The third-order valence-electron chi connectivity index (χ3n) is 11.5. The molecule has 0 unspecified atom stereocenters. The molecular weight excluding hydrogens is 707 g/mol. The first-order chi connectivity index (χ1) is 28.8. The average Bonchev–Trinajstić information content (AvgIpc) is 3.81. The molecule has 5 heteroatoms. The maximum absolute atomic E-state index is 5.19. The summed E-state index contributed by atoms with van der Waals surface area (Å²) in [5.74, 6) is 1.88. The summed E-state index contributed by atoms with van der Waals surface area (Å²) in [6.45, 7) is 0. The predicted molar refractivity (Wildman–Crippen MR) is 240 cm³/mol. The number of benzene rings is 9. The molecule has 0 aliphatic rings. The first-order valence-electron chi connectivity index (χ1n) is 19.6.